The van der Waals surface area contributed by atoms with E-state index in [9.17, 15) is 0 Å². The van der Waals surface area contributed by atoms with Crippen LogP contribution in [-0.4, -0.2) is 27.5 Å². The van der Waals surface area contributed by atoms with E-state index in [0.29, 0.717) is 6.10 Å². The molecule has 0 aromatic carbocycles. The Bertz CT molecular complexity index is 139. The molecule has 0 fully saturated rings. The number of hydrogen-bond acceptors (Lipinski definition) is 2. The molecule has 0 spiro atoms. The molecule has 0 aromatic rings. The van der Waals surface area contributed by atoms with Gasteiger partial charge in [-0.25, -0.2) is 0 Å². The lowest BCUT2D eigenvalue weighted by molar-refractivity contribution is 0.206. The highest BCUT2D eigenvalue weighted by Gasteiger charge is 2.23. The van der Waals surface area contributed by atoms with E-state index in [1.807, 2.05) is 0 Å². The van der Waals surface area contributed by atoms with E-state index >= 15 is 0 Å². The van der Waals surface area contributed by atoms with E-state index in [0.717, 1.165) is 19.5 Å². The van der Waals surface area contributed by atoms with Gasteiger partial charge in [-0.15, -0.1) is 0 Å². The Morgan fingerprint density at radius 1 is 1.29 bits per heavy atom. The van der Waals surface area contributed by atoms with Crippen molar-refractivity contribution in [2.24, 2.45) is 0 Å². The molecule has 0 saturated carbocycles. The van der Waals surface area contributed by atoms with E-state index in [2.05, 4.69) is 39.2 Å². The molecule has 2 nitrogen and oxygen atoms in total. The fourth-order valence-electron chi connectivity index (χ4n) is 1.50. The van der Waals surface area contributed by atoms with Crippen LogP contribution in [-0.2, 0) is 4.43 Å². The highest BCUT2D eigenvalue weighted by Crippen LogP contribution is 2.16. The summed E-state index contributed by atoms with van der Waals surface area (Å²) in [5.74, 6) is 0. The number of rotatable bonds is 8. The molecular formula is C11H27NOSi. The van der Waals surface area contributed by atoms with E-state index in [4.69, 9.17) is 4.43 Å². The Kier molecular flexibility index (Phi) is 7.50. The summed E-state index contributed by atoms with van der Waals surface area (Å²) in [4.78, 5) is 0. The Hall–Kier alpha value is 0.137. The summed E-state index contributed by atoms with van der Waals surface area (Å²) < 4.78 is 6.08. The summed E-state index contributed by atoms with van der Waals surface area (Å²) >= 11 is 0. The van der Waals surface area contributed by atoms with Gasteiger partial charge in [0.25, 0.3) is 0 Å². The van der Waals surface area contributed by atoms with Gasteiger partial charge in [-0.2, -0.15) is 0 Å². The van der Waals surface area contributed by atoms with Crippen LogP contribution in [0.4, 0.5) is 0 Å². The Morgan fingerprint density at radius 3 is 2.43 bits per heavy atom. The third kappa shape index (κ3) is 7.53. The van der Waals surface area contributed by atoms with Gasteiger partial charge in [-0.3, -0.25) is 0 Å². The van der Waals surface area contributed by atoms with Crippen molar-refractivity contribution < 1.29 is 4.43 Å². The third-order valence-electron chi connectivity index (χ3n) is 2.48. The van der Waals surface area contributed by atoms with Crippen LogP contribution in [0.15, 0.2) is 0 Å². The standard InChI is InChI=1S/C11H27NOSi/c1-6-11(3)13-14(4,5)10-8-9-12-7-2/h11-12H,6-10H2,1-5H3. The fourth-order valence-corrected chi connectivity index (χ4v) is 3.90. The van der Waals surface area contributed by atoms with Crippen molar-refractivity contribution in [1.29, 1.82) is 0 Å². The minimum Gasteiger partial charge on any atom is -0.415 e. The van der Waals surface area contributed by atoms with Gasteiger partial charge in [-0.1, -0.05) is 13.8 Å². The normalized spacial score (nSPS) is 14.4. The molecule has 0 aromatic heterocycles. The van der Waals surface area contributed by atoms with E-state index in [1.165, 1.54) is 12.5 Å². The first-order valence-corrected chi connectivity index (χ1v) is 9.02. The summed E-state index contributed by atoms with van der Waals surface area (Å²) in [6.45, 7) is 13.4. The molecule has 0 radical (unpaired) electrons. The molecule has 3 heteroatoms. The summed E-state index contributed by atoms with van der Waals surface area (Å²) in [5, 5.41) is 3.35. The second-order valence-electron chi connectivity index (χ2n) is 4.55. The van der Waals surface area contributed by atoms with Gasteiger partial charge in [0, 0.05) is 6.10 Å². The largest absolute Gasteiger partial charge is 0.415 e. The first kappa shape index (κ1) is 14.1. The lowest BCUT2D eigenvalue weighted by Gasteiger charge is -2.26. The quantitative estimate of drug-likeness (QED) is 0.498. The lowest BCUT2D eigenvalue weighted by Crippen LogP contribution is -2.34. The second kappa shape index (κ2) is 7.43. The second-order valence-corrected chi connectivity index (χ2v) is 8.81. The van der Waals surface area contributed by atoms with Crippen molar-refractivity contribution >= 4 is 8.32 Å². The van der Waals surface area contributed by atoms with Crippen LogP contribution in [0.25, 0.3) is 0 Å². The fraction of sp³-hybridized carbons (Fsp3) is 1.00. The van der Waals surface area contributed by atoms with E-state index in [-0.39, 0.29) is 0 Å². The average molecular weight is 217 g/mol. The maximum atomic E-state index is 6.08. The van der Waals surface area contributed by atoms with Crippen LogP contribution in [0.1, 0.15) is 33.6 Å². The molecule has 1 N–H and O–H groups in total. The molecule has 1 atom stereocenters. The van der Waals surface area contributed by atoms with Gasteiger partial charge in [-0.05, 0) is 52.0 Å². The molecule has 0 heterocycles. The maximum Gasteiger partial charge on any atom is 0.187 e. The molecular weight excluding hydrogens is 190 g/mol. The molecule has 14 heavy (non-hydrogen) atoms. The van der Waals surface area contributed by atoms with Crippen LogP contribution in [0.2, 0.25) is 19.1 Å². The molecule has 0 bridgehead atoms. The number of hydrogen-bond donors (Lipinski definition) is 1. The van der Waals surface area contributed by atoms with Gasteiger partial charge in [0.05, 0.1) is 0 Å². The zero-order valence-corrected chi connectivity index (χ0v) is 11.5. The molecule has 1 unspecified atom stereocenters. The molecule has 0 rings (SSSR count). The minimum atomic E-state index is -1.38. The van der Waals surface area contributed by atoms with Gasteiger partial charge >= 0.3 is 0 Å². The van der Waals surface area contributed by atoms with Crippen LogP contribution < -0.4 is 5.32 Å². The van der Waals surface area contributed by atoms with Crippen LogP contribution in [0.5, 0.6) is 0 Å². The smallest absolute Gasteiger partial charge is 0.187 e. The minimum absolute atomic E-state index is 0.441. The lowest BCUT2D eigenvalue weighted by atomic mass is 10.3. The Morgan fingerprint density at radius 2 is 1.93 bits per heavy atom. The number of nitrogens with one attached hydrogen (secondary N) is 1. The molecule has 86 valence electrons. The van der Waals surface area contributed by atoms with Crippen LogP contribution >= 0.6 is 0 Å². The van der Waals surface area contributed by atoms with Crippen molar-refractivity contribution in [1.82, 2.24) is 5.32 Å². The van der Waals surface area contributed by atoms with Crippen molar-refractivity contribution in [2.75, 3.05) is 13.1 Å². The molecule has 0 amide bonds. The van der Waals surface area contributed by atoms with Gasteiger partial charge < -0.3 is 9.74 Å². The summed E-state index contributed by atoms with van der Waals surface area (Å²) in [6.07, 6.45) is 2.82. The van der Waals surface area contributed by atoms with Gasteiger partial charge in [0.15, 0.2) is 8.32 Å². The molecule has 0 aliphatic heterocycles. The Balaban J connectivity index is 3.60. The molecule has 0 aliphatic rings. The summed E-state index contributed by atoms with van der Waals surface area (Å²) in [7, 11) is -1.38. The highest BCUT2D eigenvalue weighted by atomic mass is 28.4. The van der Waals surface area contributed by atoms with Gasteiger partial charge in [0.2, 0.25) is 0 Å². The monoisotopic (exact) mass is 217 g/mol. The Labute approximate surface area is 90.6 Å². The van der Waals surface area contributed by atoms with Crippen molar-refractivity contribution in [3.05, 3.63) is 0 Å². The summed E-state index contributed by atoms with van der Waals surface area (Å²) in [6, 6.07) is 1.27. The van der Waals surface area contributed by atoms with Gasteiger partial charge in [0.1, 0.15) is 0 Å². The van der Waals surface area contributed by atoms with Crippen LogP contribution in [0, 0.1) is 0 Å². The first-order chi connectivity index (χ1) is 6.52. The highest BCUT2D eigenvalue weighted by molar-refractivity contribution is 6.71. The maximum absolute atomic E-state index is 6.08. The van der Waals surface area contributed by atoms with Crippen LogP contribution in [0.3, 0.4) is 0 Å². The van der Waals surface area contributed by atoms with Crippen molar-refractivity contribution in [3.63, 3.8) is 0 Å². The molecule has 0 aliphatic carbocycles. The average Bonchev–Trinajstić information content (AvgIpc) is 2.12. The SMILES string of the molecule is CCNCCC[Si](C)(C)OC(C)CC. The predicted octanol–water partition coefficient (Wildman–Crippen LogP) is 3.01. The zero-order valence-electron chi connectivity index (χ0n) is 10.5. The molecule has 0 saturated heterocycles. The topological polar surface area (TPSA) is 21.3 Å². The van der Waals surface area contributed by atoms with E-state index in [1.54, 1.807) is 0 Å². The third-order valence-corrected chi connectivity index (χ3v) is 5.08. The van der Waals surface area contributed by atoms with Crippen molar-refractivity contribution in [3.8, 4) is 0 Å². The first-order valence-electron chi connectivity index (χ1n) is 5.90. The zero-order chi connectivity index (χ0) is 11.0. The predicted molar refractivity (Wildman–Crippen MR) is 66.3 cm³/mol. The van der Waals surface area contributed by atoms with Crippen molar-refractivity contribution in [2.45, 2.75) is 58.9 Å². The van der Waals surface area contributed by atoms with E-state index < -0.39 is 8.32 Å². The summed E-state index contributed by atoms with van der Waals surface area (Å²) in [5.41, 5.74) is 0.